The lowest BCUT2D eigenvalue weighted by atomic mass is 9.98. The van der Waals surface area contributed by atoms with Crippen LogP contribution < -0.4 is 0 Å². The Hall–Kier alpha value is -2.16. The lowest BCUT2D eigenvalue weighted by molar-refractivity contribution is 0.101. The smallest absolute Gasteiger partial charge is 0.160 e. The highest BCUT2D eigenvalue weighted by atomic mass is 19.1. The van der Waals surface area contributed by atoms with Crippen LogP contribution in [0.1, 0.15) is 29.8 Å². The quantitative estimate of drug-likeness (QED) is 0.683. The number of H-pyrrole nitrogens is 1. The van der Waals surface area contributed by atoms with Crippen LogP contribution in [0.2, 0.25) is 0 Å². The van der Waals surface area contributed by atoms with Crippen molar-refractivity contribution >= 4 is 27.6 Å². The van der Waals surface area contributed by atoms with E-state index in [-0.39, 0.29) is 11.6 Å². The fourth-order valence-corrected chi connectivity index (χ4v) is 2.65. The van der Waals surface area contributed by atoms with E-state index in [1.54, 1.807) is 6.07 Å². The van der Waals surface area contributed by atoms with Crippen molar-refractivity contribution in [3.8, 4) is 0 Å². The third-order valence-electron chi connectivity index (χ3n) is 3.58. The van der Waals surface area contributed by atoms with Gasteiger partial charge in [-0.2, -0.15) is 0 Å². The second-order valence-corrected chi connectivity index (χ2v) is 4.72. The predicted octanol–water partition coefficient (Wildman–Crippen LogP) is 4.23. The molecule has 2 aromatic carbocycles. The van der Waals surface area contributed by atoms with Gasteiger partial charge in [0.15, 0.2) is 11.6 Å². The second kappa shape index (κ2) is 4.19. The minimum absolute atomic E-state index is 0.0945. The summed E-state index contributed by atoms with van der Waals surface area (Å²) in [5.41, 5.74) is 2.35. The summed E-state index contributed by atoms with van der Waals surface area (Å²) in [6, 6.07) is 9.46. The Kier molecular flexibility index (Phi) is 2.63. The summed E-state index contributed by atoms with van der Waals surface area (Å²) in [4.78, 5) is 14.8. The molecule has 0 unspecified atom stereocenters. The maximum Gasteiger partial charge on any atom is 0.160 e. The largest absolute Gasteiger partial charge is 0.352 e. The van der Waals surface area contributed by atoms with Gasteiger partial charge in [-0.25, -0.2) is 4.39 Å². The van der Waals surface area contributed by atoms with Crippen LogP contribution in [0.15, 0.2) is 30.3 Å². The third kappa shape index (κ3) is 1.65. The van der Waals surface area contributed by atoms with E-state index < -0.39 is 0 Å². The first-order valence-corrected chi connectivity index (χ1v) is 6.36. The fourth-order valence-electron chi connectivity index (χ4n) is 2.65. The second-order valence-electron chi connectivity index (χ2n) is 4.72. The van der Waals surface area contributed by atoms with Gasteiger partial charge in [0.2, 0.25) is 0 Å². The van der Waals surface area contributed by atoms with Crippen molar-refractivity contribution in [3.63, 3.8) is 0 Å². The maximum absolute atomic E-state index is 14.5. The van der Waals surface area contributed by atoms with E-state index >= 15 is 0 Å². The van der Waals surface area contributed by atoms with Gasteiger partial charge >= 0.3 is 0 Å². The molecule has 96 valence electrons. The van der Waals surface area contributed by atoms with Gasteiger partial charge in [-0.3, -0.25) is 4.79 Å². The Labute approximate surface area is 110 Å². The number of rotatable bonds is 2. The van der Waals surface area contributed by atoms with E-state index in [9.17, 15) is 9.18 Å². The number of Topliss-reactive ketones (excluding diaryl/α,β-unsaturated/α-hetero) is 1. The van der Waals surface area contributed by atoms with Crippen molar-refractivity contribution in [1.82, 2.24) is 4.98 Å². The molecule has 0 saturated carbocycles. The standard InChI is InChI=1S/C16H14FNO/c1-3-10-12(9(2)19)8-13-11-6-4-5-7-14(11)18-16(13)15(10)17/h4-8,18H,3H2,1-2H3. The van der Waals surface area contributed by atoms with Crippen LogP contribution in [0, 0.1) is 5.82 Å². The molecule has 1 heterocycles. The molecule has 0 aliphatic rings. The zero-order valence-electron chi connectivity index (χ0n) is 10.9. The molecule has 0 saturated heterocycles. The van der Waals surface area contributed by atoms with Crippen LogP contribution in [0.5, 0.6) is 0 Å². The van der Waals surface area contributed by atoms with Gasteiger partial charge in [0.05, 0.1) is 5.52 Å². The highest BCUT2D eigenvalue weighted by Gasteiger charge is 2.17. The molecule has 0 atom stereocenters. The molecule has 2 nitrogen and oxygen atoms in total. The number of benzene rings is 2. The van der Waals surface area contributed by atoms with E-state index in [0.29, 0.717) is 23.1 Å². The number of aromatic nitrogens is 1. The average molecular weight is 255 g/mol. The van der Waals surface area contributed by atoms with Crippen molar-refractivity contribution in [2.75, 3.05) is 0 Å². The molecule has 0 aliphatic heterocycles. The van der Waals surface area contributed by atoms with E-state index in [0.717, 1.165) is 16.3 Å². The Bertz CT molecular complexity index is 801. The number of halogens is 1. The summed E-state index contributed by atoms with van der Waals surface area (Å²) in [7, 11) is 0. The highest BCUT2D eigenvalue weighted by molar-refractivity contribution is 6.10. The number of carbonyl (C=O) groups is 1. The van der Waals surface area contributed by atoms with Gasteiger partial charge in [0, 0.05) is 27.4 Å². The van der Waals surface area contributed by atoms with Crippen LogP contribution in [0.3, 0.4) is 0 Å². The van der Waals surface area contributed by atoms with Crippen molar-refractivity contribution < 1.29 is 9.18 Å². The number of para-hydroxylation sites is 1. The summed E-state index contributed by atoms with van der Waals surface area (Å²) in [6.07, 6.45) is 0.506. The lowest BCUT2D eigenvalue weighted by Gasteiger charge is -2.07. The molecule has 0 aliphatic carbocycles. The Morgan fingerprint density at radius 3 is 2.68 bits per heavy atom. The van der Waals surface area contributed by atoms with Crippen LogP contribution in [0.4, 0.5) is 4.39 Å². The molecule has 0 spiro atoms. The number of ketones is 1. The van der Waals surface area contributed by atoms with Crippen LogP contribution in [-0.2, 0) is 6.42 Å². The van der Waals surface area contributed by atoms with Crippen molar-refractivity contribution in [3.05, 3.63) is 47.3 Å². The van der Waals surface area contributed by atoms with Crippen LogP contribution >= 0.6 is 0 Å². The zero-order valence-corrected chi connectivity index (χ0v) is 10.9. The molecule has 0 bridgehead atoms. The maximum atomic E-state index is 14.5. The summed E-state index contributed by atoms with van der Waals surface area (Å²) in [5.74, 6) is -0.399. The minimum atomic E-state index is -0.304. The summed E-state index contributed by atoms with van der Waals surface area (Å²) in [6.45, 7) is 3.34. The van der Waals surface area contributed by atoms with E-state index in [4.69, 9.17) is 0 Å². The van der Waals surface area contributed by atoms with Gasteiger partial charge in [0.1, 0.15) is 0 Å². The van der Waals surface area contributed by atoms with Gasteiger partial charge in [-0.15, -0.1) is 0 Å². The third-order valence-corrected chi connectivity index (χ3v) is 3.58. The Morgan fingerprint density at radius 1 is 1.26 bits per heavy atom. The molecule has 19 heavy (non-hydrogen) atoms. The Morgan fingerprint density at radius 2 is 2.00 bits per heavy atom. The SMILES string of the molecule is CCc1c(C(C)=O)cc2c([nH]c3ccccc32)c1F. The van der Waals surface area contributed by atoms with Gasteiger partial charge in [0.25, 0.3) is 0 Å². The van der Waals surface area contributed by atoms with Crippen LogP contribution in [0.25, 0.3) is 21.8 Å². The molecule has 1 N–H and O–H groups in total. The summed E-state index contributed by atoms with van der Waals surface area (Å²) >= 11 is 0. The van der Waals surface area contributed by atoms with Gasteiger partial charge in [-0.1, -0.05) is 25.1 Å². The minimum Gasteiger partial charge on any atom is -0.352 e. The molecule has 1 aromatic heterocycles. The van der Waals surface area contributed by atoms with E-state index in [1.807, 2.05) is 31.2 Å². The molecule has 3 heteroatoms. The monoisotopic (exact) mass is 255 g/mol. The normalized spacial score (nSPS) is 11.3. The molecular weight excluding hydrogens is 241 g/mol. The fraction of sp³-hybridized carbons (Fsp3) is 0.188. The molecule has 0 fully saturated rings. The first kappa shape index (κ1) is 11.9. The first-order valence-electron chi connectivity index (χ1n) is 6.36. The average Bonchev–Trinajstić information content (AvgIpc) is 2.77. The van der Waals surface area contributed by atoms with Crippen LogP contribution in [-0.4, -0.2) is 10.8 Å². The van der Waals surface area contributed by atoms with E-state index in [2.05, 4.69) is 4.98 Å². The first-order chi connectivity index (χ1) is 9.13. The number of hydrogen-bond acceptors (Lipinski definition) is 1. The predicted molar refractivity (Wildman–Crippen MR) is 75.1 cm³/mol. The molecule has 0 radical (unpaired) electrons. The number of fused-ring (bicyclic) bond motifs is 3. The number of hydrogen-bond donors (Lipinski definition) is 1. The molecule has 0 amide bonds. The number of aromatic amines is 1. The summed E-state index contributed by atoms with van der Waals surface area (Å²) in [5, 5.41) is 1.72. The lowest BCUT2D eigenvalue weighted by Crippen LogP contribution is -2.02. The number of nitrogens with one attached hydrogen (secondary N) is 1. The molecule has 3 aromatic rings. The topological polar surface area (TPSA) is 32.9 Å². The number of carbonyl (C=O) groups excluding carboxylic acids is 1. The summed E-state index contributed by atoms with van der Waals surface area (Å²) < 4.78 is 14.5. The Balaban J connectivity index is 2.52. The van der Waals surface area contributed by atoms with Gasteiger partial charge in [-0.05, 0) is 25.5 Å². The van der Waals surface area contributed by atoms with E-state index in [1.165, 1.54) is 6.92 Å². The highest BCUT2D eigenvalue weighted by Crippen LogP contribution is 2.31. The van der Waals surface area contributed by atoms with Crippen molar-refractivity contribution in [2.45, 2.75) is 20.3 Å². The van der Waals surface area contributed by atoms with Crippen molar-refractivity contribution in [1.29, 1.82) is 0 Å². The molecule has 3 rings (SSSR count). The zero-order chi connectivity index (χ0) is 13.6. The molecular formula is C16H14FNO. The van der Waals surface area contributed by atoms with Gasteiger partial charge < -0.3 is 4.98 Å². The van der Waals surface area contributed by atoms with Crippen molar-refractivity contribution in [2.24, 2.45) is 0 Å².